The zero-order valence-electron chi connectivity index (χ0n) is 45.3. The summed E-state index contributed by atoms with van der Waals surface area (Å²) in [6, 6.07) is 20.0. The van der Waals surface area contributed by atoms with Crippen LogP contribution in [0.15, 0.2) is 122 Å². The summed E-state index contributed by atoms with van der Waals surface area (Å²) in [5.41, 5.74) is 15.1. The maximum Gasteiger partial charge on any atom is 0.245 e. The van der Waals surface area contributed by atoms with Gasteiger partial charge >= 0.3 is 0 Å². The van der Waals surface area contributed by atoms with Crippen molar-refractivity contribution in [1.82, 2.24) is 52.5 Å². The lowest BCUT2D eigenvalue weighted by atomic mass is 10.0. The number of carbonyl (C=O) groups is 8. The van der Waals surface area contributed by atoms with Gasteiger partial charge in [0.05, 0.1) is 12.1 Å². The summed E-state index contributed by atoms with van der Waals surface area (Å²) in [6.45, 7) is 1.52. The molecule has 3 heterocycles. The summed E-state index contributed by atoms with van der Waals surface area (Å²) in [5, 5.41) is 36.5. The van der Waals surface area contributed by atoms with E-state index in [0.29, 0.717) is 34.6 Å². The molecule has 0 aliphatic carbocycles. The number of carbonyl (C=O) groups excluding carboxylic acids is 8. The number of hydrogen-bond donors (Lipinski definition) is 12. The molecule has 1 aliphatic rings. The Balaban J connectivity index is 1.25. The highest BCUT2D eigenvalue weighted by Gasteiger charge is 2.37. The Bertz CT molecular complexity index is 3190. The number of halogens is 1. The molecule has 21 nitrogen and oxygen atoms in total. The second kappa shape index (κ2) is 30.5. The Morgan fingerprint density at radius 2 is 1.38 bits per heavy atom. The first-order valence-electron chi connectivity index (χ1n) is 26.9. The summed E-state index contributed by atoms with van der Waals surface area (Å²) >= 11 is 6.15. The molecule has 434 valence electrons. The zero-order valence-corrected chi connectivity index (χ0v) is 47.7. The maximum atomic E-state index is 14.9. The van der Waals surface area contributed by atoms with Gasteiger partial charge in [-0.3, -0.25) is 43.3 Å². The van der Waals surface area contributed by atoms with E-state index in [9.17, 15) is 43.5 Å². The van der Waals surface area contributed by atoms with Crippen LogP contribution in [0.2, 0.25) is 5.02 Å². The molecule has 7 rings (SSSR count). The van der Waals surface area contributed by atoms with Crippen LogP contribution >= 0.6 is 33.2 Å². The fourth-order valence-corrected chi connectivity index (χ4v) is 11.8. The number of primary amides is 1. The largest absolute Gasteiger partial charge is 0.391 e. The van der Waals surface area contributed by atoms with Crippen molar-refractivity contribution in [3.8, 4) is 0 Å². The Morgan fingerprint density at radius 3 is 2.09 bits per heavy atom. The fourth-order valence-electron chi connectivity index (χ4n) is 9.34. The molecular weight excluding hydrogens is 1110 g/mol. The van der Waals surface area contributed by atoms with Crippen LogP contribution < -0.4 is 54.0 Å². The third-order valence-corrected chi connectivity index (χ3v) is 16.6. The van der Waals surface area contributed by atoms with Gasteiger partial charge in [-0.2, -0.15) is 0 Å². The number of amides is 8. The number of benzene rings is 4. The fraction of sp³-hybridized carbons (Fsp3) is 0.362. The number of hydrogen-bond acceptors (Lipinski definition) is 14. The van der Waals surface area contributed by atoms with Gasteiger partial charge in [-0.15, -0.1) is 0 Å². The van der Waals surface area contributed by atoms with E-state index in [-0.39, 0.29) is 50.2 Å². The number of nitrogens with one attached hydrogen (secondary N) is 9. The van der Waals surface area contributed by atoms with Crippen molar-refractivity contribution in [3.05, 3.63) is 149 Å². The van der Waals surface area contributed by atoms with E-state index in [1.807, 2.05) is 60.7 Å². The van der Waals surface area contributed by atoms with Crippen LogP contribution in [0.25, 0.3) is 21.7 Å². The number of nitrogens with two attached hydrogens (primary N) is 2. The van der Waals surface area contributed by atoms with Gasteiger partial charge in [0.2, 0.25) is 47.3 Å². The van der Waals surface area contributed by atoms with Crippen LogP contribution in [-0.2, 0) is 64.0 Å². The Labute approximate surface area is 487 Å². The summed E-state index contributed by atoms with van der Waals surface area (Å²) in [4.78, 5) is 123. The molecule has 0 saturated carbocycles. The monoisotopic (exact) mass is 1180 g/mol. The van der Waals surface area contributed by atoms with Crippen LogP contribution in [0.4, 0.5) is 0 Å². The third-order valence-electron chi connectivity index (χ3n) is 13.9. The number of aliphatic hydroxyl groups is 1. The van der Waals surface area contributed by atoms with Gasteiger partial charge in [-0.05, 0) is 103 Å². The number of unbranched alkanes of at least 4 members (excludes halogenated alkanes) is 1. The Hall–Kier alpha value is -7.54. The molecule has 82 heavy (non-hydrogen) atoms. The molecule has 24 heteroatoms. The lowest BCUT2D eigenvalue weighted by Crippen LogP contribution is -2.62. The summed E-state index contributed by atoms with van der Waals surface area (Å²) < 4.78 is 0. The standard InChI is InChI=1S/C58H69ClN12O9S2/c1-33(72)50-58(80)70-49(56(78)66-44(51(61)73)26-35-16-19-37-11-3-4-12-38(37)24-35)32-82-81-31-48(69-53(75)45(62-2)25-34-17-20-40(59)21-18-34)57(79)67-46(27-36-10-9-23-63-29-36)54(76)68-47(28-39-30-64-42-14-6-5-13-41(39)42)55(77)65-43(52(74)71-50)15-7-8-22-60/h3-6,9-14,16-21,23-24,29-30,33,43-50,62,64,72H,7-8,15,22,25-28,31-32,60H2,1-2H3,(H2,61,73)(H,65,77)(H,66,78)(H,67,79)(H,68,76)(H,69,75)(H,70,80)(H,71,74)/t33-,43-,44?,45?,46-,47+,48-,49+,50+/m0/s1. The summed E-state index contributed by atoms with van der Waals surface area (Å²) in [6.07, 6.45) is 4.00. The van der Waals surface area contributed by atoms with Gasteiger partial charge < -0.3 is 64.1 Å². The topological polar surface area (TPSA) is 334 Å². The third kappa shape index (κ3) is 17.7. The molecule has 4 aromatic carbocycles. The highest BCUT2D eigenvalue weighted by molar-refractivity contribution is 8.76. The number of pyridine rings is 1. The number of aromatic nitrogens is 2. The molecule has 0 spiro atoms. The first kappa shape index (κ1) is 62.1. The minimum atomic E-state index is -1.70. The molecule has 0 bridgehead atoms. The normalized spacial score (nSPS) is 20.9. The average molecular weight is 1180 g/mol. The molecule has 2 aromatic heterocycles. The predicted molar refractivity (Wildman–Crippen MR) is 318 cm³/mol. The van der Waals surface area contributed by atoms with Gasteiger partial charge in [0.15, 0.2) is 0 Å². The predicted octanol–water partition coefficient (Wildman–Crippen LogP) is 2.01. The van der Waals surface area contributed by atoms with Gasteiger partial charge in [-0.1, -0.05) is 112 Å². The smallest absolute Gasteiger partial charge is 0.245 e. The number of rotatable bonds is 19. The lowest BCUT2D eigenvalue weighted by molar-refractivity contribution is -0.136. The number of H-pyrrole nitrogens is 1. The minimum absolute atomic E-state index is 0.0113. The number of nitrogens with zero attached hydrogens (tertiary/aromatic N) is 1. The van der Waals surface area contributed by atoms with Gasteiger partial charge in [0.1, 0.15) is 42.3 Å². The lowest BCUT2D eigenvalue weighted by Gasteiger charge is -2.29. The average Bonchev–Trinajstić information content (AvgIpc) is 4.12. The summed E-state index contributed by atoms with van der Waals surface area (Å²) in [7, 11) is 3.67. The van der Waals surface area contributed by atoms with Crippen molar-refractivity contribution in [3.63, 3.8) is 0 Å². The number of aromatic amines is 1. The van der Waals surface area contributed by atoms with Crippen molar-refractivity contribution in [2.45, 2.75) is 106 Å². The molecule has 8 amide bonds. The minimum Gasteiger partial charge on any atom is -0.391 e. The van der Waals surface area contributed by atoms with E-state index in [4.69, 9.17) is 23.1 Å². The molecule has 2 unspecified atom stereocenters. The molecule has 1 saturated heterocycles. The van der Waals surface area contributed by atoms with E-state index < -0.39 is 102 Å². The van der Waals surface area contributed by atoms with Crippen LogP contribution in [0, 0.1) is 0 Å². The molecule has 14 N–H and O–H groups in total. The van der Waals surface area contributed by atoms with E-state index in [2.05, 4.69) is 52.5 Å². The van der Waals surface area contributed by atoms with Crippen molar-refractivity contribution >= 4 is 102 Å². The first-order chi connectivity index (χ1) is 39.5. The van der Waals surface area contributed by atoms with Crippen LogP contribution in [-0.4, -0.2) is 142 Å². The zero-order chi connectivity index (χ0) is 58.7. The molecule has 1 aliphatic heterocycles. The highest BCUT2D eigenvalue weighted by Crippen LogP contribution is 2.25. The van der Waals surface area contributed by atoms with Crippen molar-refractivity contribution in [1.29, 1.82) is 0 Å². The van der Waals surface area contributed by atoms with Crippen molar-refractivity contribution in [2.24, 2.45) is 11.5 Å². The van der Waals surface area contributed by atoms with Gasteiger partial charge in [-0.25, -0.2) is 0 Å². The maximum absolute atomic E-state index is 14.9. The molecular formula is C58H69ClN12O9S2. The molecule has 9 atom stereocenters. The van der Waals surface area contributed by atoms with Crippen LogP contribution in [0.5, 0.6) is 0 Å². The molecule has 1 fully saturated rings. The number of likely N-dealkylation sites (N-methyl/N-ethyl adjacent to an activating group) is 1. The van der Waals surface area contributed by atoms with E-state index in [1.165, 1.54) is 13.1 Å². The second-order valence-corrected chi connectivity index (χ2v) is 23.0. The second-order valence-electron chi connectivity index (χ2n) is 20.0. The highest BCUT2D eigenvalue weighted by atomic mass is 35.5. The first-order valence-corrected chi connectivity index (χ1v) is 29.7. The SMILES string of the molecule is CNC(Cc1ccc(Cl)cc1)C(=O)N[C@H]1CSSC[C@H](C(=O)NC(Cc2ccc3ccccc3c2)C(N)=O)NC(=O)[C@@H]([C@H](C)O)NC(=O)[C@H](CCCCN)NC(=O)[C@@H](Cc2c[nH]c3ccccc23)NC(=O)[C@H](Cc2cccnc2)NC1=O. The van der Waals surface area contributed by atoms with E-state index in [0.717, 1.165) is 48.8 Å². The van der Waals surface area contributed by atoms with E-state index in [1.54, 1.807) is 61.9 Å². The molecule has 6 aromatic rings. The summed E-state index contributed by atoms with van der Waals surface area (Å²) in [5.74, 6) is -6.90. The van der Waals surface area contributed by atoms with Crippen LogP contribution in [0.3, 0.4) is 0 Å². The number of aliphatic hydroxyl groups excluding tert-OH is 1. The van der Waals surface area contributed by atoms with Gasteiger partial charge in [0, 0.05) is 65.3 Å². The number of para-hydroxylation sites is 1. The van der Waals surface area contributed by atoms with Crippen LogP contribution in [0.1, 0.15) is 48.4 Å². The van der Waals surface area contributed by atoms with E-state index >= 15 is 0 Å². The van der Waals surface area contributed by atoms with Crippen molar-refractivity contribution in [2.75, 3.05) is 25.1 Å². The number of fused-ring (bicyclic) bond motifs is 2. The quantitative estimate of drug-likeness (QED) is 0.0408. The Morgan fingerprint density at radius 1 is 0.720 bits per heavy atom. The van der Waals surface area contributed by atoms with Crippen molar-refractivity contribution < 1.29 is 43.5 Å². The molecule has 0 radical (unpaired) electrons. The van der Waals surface area contributed by atoms with Gasteiger partial charge in [0.25, 0.3) is 0 Å². The Kier molecular flexibility index (Phi) is 23.1.